The Kier molecular flexibility index (Phi) is 6.96. The van der Waals surface area contributed by atoms with Crippen molar-refractivity contribution in [1.82, 2.24) is 10.4 Å². The van der Waals surface area contributed by atoms with Crippen molar-refractivity contribution >= 4 is 29.8 Å². The van der Waals surface area contributed by atoms with Crippen molar-refractivity contribution in [2.45, 2.75) is 18.9 Å². The Hall–Kier alpha value is -3.67. The number of aliphatic hydroxyl groups is 1. The summed E-state index contributed by atoms with van der Waals surface area (Å²) >= 11 is 0. The molecule has 2 aliphatic heterocycles. The molecule has 12 heteroatoms. The minimum Gasteiger partial charge on any atom is -0.511 e. The molecule has 2 N–H and O–H groups in total. The molecule has 1 aromatic rings. The molecule has 1 aromatic carbocycles. The molecule has 1 aliphatic carbocycles. The lowest BCUT2D eigenvalue weighted by molar-refractivity contribution is -0.177. The monoisotopic (exact) mass is 478 g/mol. The predicted molar refractivity (Wildman–Crippen MR) is 116 cm³/mol. The summed E-state index contributed by atoms with van der Waals surface area (Å²) in [4.78, 5) is 43.2. The fourth-order valence-electron chi connectivity index (χ4n) is 4.04. The van der Waals surface area contributed by atoms with Gasteiger partial charge in [0.25, 0.3) is 5.91 Å². The molecule has 0 spiro atoms. The number of hydroxylamine groups is 2. The number of cyclic esters (lactones) is 1. The Balaban J connectivity index is 1.46. The number of hydrogen-bond donors (Lipinski definition) is 2. The first-order valence-corrected chi connectivity index (χ1v) is 10.8. The van der Waals surface area contributed by atoms with Gasteiger partial charge in [0.1, 0.15) is 17.6 Å². The molecule has 34 heavy (non-hydrogen) atoms. The number of allylic oxidation sites excluding steroid dienone is 2. The van der Waals surface area contributed by atoms with E-state index in [1.807, 2.05) is 0 Å². The molecular weight excluding hydrogens is 454 g/mol. The number of nitrogens with one attached hydrogen (secondary N) is 1. The second kappa shape index (κ2) is 10.1. The molecule has 2 fully saturated rings. The number of halogens is 2. The third-order valence-corrected chi connectivity index (χ3v) is 5.71. The van der Waals surface area contributed by atoms with Gasteiger partial charge in [0.2, 0.25) is 6.41 Å². The quantitative estimate of drug-likeness (QED) is 0.600. The molecule has 2 saturated heterocycles. The van der Waals surface area contributed by atoms with Crippen LogP contribution in [0, 0.1) is 11.6 Å². The van der Waals surface area contributed by atoms with Crippen LogP contribution in [-0.4, -0.2) is 74.0 Å². The molecule has 0 saturated carbocycles. The number of aliphatic hydroxyl groups excluding tert-OH is 1. The summed E-state index contributed by atoms with van der Waals surface area (Å²) in [6.45, 7) is 0.332. The Morgan fingerprint density at radius 1 is 1.24 bits per heavy atom. The SMILES string of the molecule is O=CNC[C@H]1CN(c2cc(F)c(N3CCON(C(=O)C4=C(O)CCC=C4)CC3)c(F)c2)C(=O)O1. The fourth-order valence-corrected chi connectivity index (χ4v) is 4.04. The zero-order valence-electron chi connectivity index (χ0n) is 18.2. The number of hydrogen-bond acceptors (Lipinski definition) is 7. The van der Waals surface area contributed by atoms with Gasteiger partial charge < -0.3 is 20.1 Å². The molecule has 0 radical (unpaired) electrons. The minimum atomic E-state index is -0.882. The van der Waals surface area contributed by atoms with E-state index in [2.05, 4.69) is 5.32 Å². The Labute approximate surface area is 193 Å². The van der Waals surface area contributed by atoms with E-state index in [4.69, 9.17) is 9.57 Å². The van der Waals surface area contributed by atoms with Crippen molar-refractivity contribution in [3.05, 3.63) is 47.3 Å². The minimum absolute atomic E-state index is 0.00596. The number of carbonyl (C=O) groups excluding carboxylic acids is 3. The lowest BCUT2D eigenvalue weighted by Crippen LogP contribution is -2.36. The summed E-state index contributed by atoms with van der Waals surface area (Å²) in [6.07, 6.45) is 3.38. The first-order valence-electron chi connectivity index (χ1n) is 10.8. The van der Waals surface area contributed by atoms with E-state index in [0.29, 0.717) is 19.3 Å². The van der Waals surface area contributed by atoms with Gasteiger partial charge in [0.05, 0.1) is 37.5 Å². The highest BCUT2D eigenvalue weighted by atomic mass is 19.1. The summed E-state index contributed by atoms with van der Waals surface area (Å²) in [5.41, 5.74) is -0.166. The first-order chi connectivity index (χ1) is 16.4. The van der Waals surface area contributed by atoms with Crippen LogP contribution in [0.5, 0.6) is 0 Å². The van der Waals surface area contributed by atoms with E-state index in [0.717, 1.165) is 22.1 Å². The van der Waals surface area contributed by atoms with Crippen LogP contribution >= 0.6 is 0 Å². The second-order valence-corrected chi connectivity index (χ2v) is 7.93. The van der Waals surface area contributed by atoms with Gasteiger partial charge in [0.15, 0.2) is 11.6 Å². The smallest absolute Gasteiger partial charge is 0.414 e. The van der Waals surface area contributed by atoms with Gasteiger partial charge in [-0.25, -0.2) is 18.6 Å². The summed E-state index contributed by atoms with van der Waals surface area (Å²) in [7, 11) is 0. The number of ether oxygens (including phenoxy) is 1. The van der Waals surface area contributed by atoms with Gasteiger partial charge in [-0.05, 0) is 12.5 Å². The molecule has 0 unspecified atom stereocenters. The van der Waals surface area contributed by atoms with E-state index in [9.17, 15) is 19.5 Å². The molecule has 1 atom stereocenters. The number of anilines is 2. The molecule has 3 aliphatic rings. The number of rotatable bonds is 6. The van der Waals surface area contributed by atoms with Crippen molar-refractivity contribution in [2.24, 2.45) is 0 Å². The summed E-state index contributed by atoms with van der Waals surface area (Å²) in [6, 6.07) is 2.08. The lowest BCUT2D eigenvalue weighted by atomic mass is 10.0. The van der Waals surface area contributed by atoms with E-state index < -0.39 is 29.7 Å². The molecular formula is C22H24F2N4O6. The molecule has 0 aromatic heterocycles. The van der Waals surface area contributed by atoms with Crippen LogP contribution in [0.2, 0.25) is 0 Å². The maximum absolute atomic E-state index is 15.0. The van der Waals surface area contributed by atoms with E-state index in [1.54, 1.807) is 6.08 Å². The number of carbonyl (C=O) groups is 3. The zero-order chi connectivity index (χ0) is 24.2. The third-order valence-electron chi connectivity index (χ3n) is 5.71. The molecule has 182 valence electrons. The van der Waals surface area contributed by atoms with E-state index in [1.165, 1.54) is 11.0 Å². The van der Waals surface area contributed by atoms with Crippen LogP contribution in [0.1, 0.15) is 12.8 Å². The summed E-state index contributed by atoms with van der Waals surface area (Å²) in [5.74, 6) is -2.30. The van der Waals surface area contributed by atoms with E-state index in [-0.39, 0.29) is 62.0 Å². The van der Waals surface area contributed by atoms with Crippen molar-refractivity contribution in [3.8, 4) is 0 Å². The van der Waals surface area contributed by atoms with Crippen molar-refractivity contribution in [3.63, 3.8) is 0 Å². The van der Waals surface area contributed by atoms with E-state index >= 15 is 8.78 Å². The van der Waals surface area contributed by atoms with Crippen molar-refractivity contribution < 1.29 is 37.8 Å². The Morgan fingerprint density at radius 2 is 2.00 bits per heavy atom. The van der Waals surface area contributed by atoms with Crippen LogP contribution in [-0.2, 0) is 19.2 Å². The lowest BCUT2D eigenvalue weighted by Gasteiger charge is -2.24. The fraction of sp³-hybridized carbons (Fsp3) is 0.409. The maximum Gasteiger partial charge on any atom is 0.414 e. The highest BCUT2D eigenvalue weighted by molar-refractivity contribution is 5.96. The highest BCUT2D eigenvalue weighted by Crippen LogP contribution is 2.31. The maximum atomic E-state index is 15.0. The van der Waals surface area contributed by atoms with Crippen LogP contribution < -0.4 is 15.1 Å². The Morgan fingerprint density at radius 3 is 2.71 bits per heavy atom. The molecule has 3 amide bonds. The second-order valence-electron chi connectivity index (χ2n) is 7.93. The number of nitrogens with zero attached hydrogens (tertiary/aromatic N) is 3. The van der Waals surface area contributed by atoms with Crippen LogP contribution in [0.4, 0.5) is 25.0 Å². The topological polar surface area (TPSA) is 112 Å². The molecule has 4 rings (SSSR count). The van der Waals surface area contributed by atoms with Gasteiger partial charge in [-0.3, -0.25) is 19.3 Å². The van der Waals surface area contributed by atoms with Gasteiger partial charge in [0, 0.05) is 31.6 Å². The van der Waals surface area contributed by atoms with Crippen molar-refractivity contribution in [2.75, 3.05) is 49.1 Å². The van der Waals surface area contributed by atoms with Gasteiger partial charge in [-0.1, -0.05) is 6.08 Å². The average Bonchev–Trinajstić information content (AvgIpc) is 3.02. The summed E-state index contributed by atoms with van der Waals surface area (Å²) < 4.78 is 35.1. The number of amides is 3. The highest BCUT2D eigenvalue weighted by Gasteiger charge is 2.34. The standard InChI is InChI=1S/C22H24F2N4O6/c23-17-9-14(27-12-15(11-25-13-29)34-22(27)32)10-18(24)20(17)26-5-6-28(33-8-7-26)21(31)16-3-1-2-4-19(16)30/h1,3,9-10,13,15,30H,2,4-8,11-12H2,(H,25,29)/t15-/m0/s1. The molecule has 10 nitrogen and oxygen atoms in total. The zero-order valence-corrected chi connectivity index (χ0v) is 18.2. The first kappa shape index (κ1) is 23.5. The Bertz CT molecular complexity index is 1020. The normalized spacial score (nSPS) is 20.9. The van der Waals surface area contributed by atoms with Gasteiger partial charge >= 0.3 is 6.09 Å². The predicted octanol–water partition coefficient (Wildman–Crippen LogP) is 1.78. The largest absolute Gasteiger partial charge is 0.511 e. The third kappa shape index (κ3) is 4.81. The average molecular weight is 478 g/mol. The molecule has 2 heterocycles. The van der Waals surface area contributed by atoms with Gasteiger partial charge in [-0.2, -0.15) is 0 Å². The van der Waals surface area contributed by atoms with Crippen LogP contribution in [0.3, 0.4) is 0 Å². The van der Waals surface area contributed by atoms with Crippen LogP contribution in [0.15, 0.2) is 35.6 Å². The summed E-state index contributed by atoms with van der Waals surface area (Å²) in [5, 5.41) is 13.5. The molecule has 0 bridgehead atoms. The van der Waals surface area contributed by atoms with Crippen molar-refractivity contribution in [1.29, 1.82) is 0 Å². The van der Waals surface area contributed by atoms with Gasteiger partial charge in [-0.15, -0.1) is 0 Å². The number of benzene rings is 1. The van der Waals surface area contributed by atoms with Crippen LogP contribution in [0.25, 0.3) is 0 Å².